The molecule has 1 aromatic heterocycles. The van der Waals surface area contributed by atoms with Gasteiger partial charge in [-0.1, -0.05) is 55.2 Å². The molecule has 1 N–H and O–H groups in total. The van der Waals surface area contributed by atoms with E-state index in [9.17, 15) is 9.59 Å². The molecule has 144 valence electrons. The molecule has 0 aliphatic rings. The molecule has 2 rings (SSSR count). The first-order chi connectivity index (χ1) is 12.8. The molecule has 0 spiro atoms. The molecule has 6 nitrogen and oxygen atoms in total. The molecule has 0 aliphatic heterocycles. The van der Waals surface area contributed by atoms with E-state index in [1.165, 1.54) is 19.2 Å². The maximum atomic E-state index is 12.1. The molecule has 8 heteroatoms. The van der Waals surface area contributed by atoms with Crippen molar-refractivity contribution in [2.45, 2.75) is 32.8 Å². The van der Waals surface area contributed by atoms with Gasteiger partial charge in [0.25, 0.3) is 5.91 Å². The average molecular weight is 411 g/mol. The second-order valence-corrected chi connectivity index (χ2v) is 6.93. The SMILES string of the molecule is CC(C)c1ccccc1OCC(=O)O[C@H](C)C(=O)Nc1ncc(Cl)cc1Cl. The summed E-state index contributed by atoms with van der Waals surface area (Å²) in [4.78, 5) is 28.1. The summed E-state index contributed by atoms with van der Waals surface area (Å²) < 4.78 is 10.6. The van der Waals surface area contributed by atoms with Crippen LogP contribution in [0.25, 0.3) is 0 Å². The molecule has 1 atom stereocenters. The van der Waals surface area contributed by atoms with Gasteiger partial charge in [-0.25, -0.2) is 9.78 Å². The first-order valence-corrected chi connectivity index (χ1v) is 9.06. The average Bonchev–Trinajstić information content (AvgIpc) is 2.62. The van der Waals surface area contributed by atoms with Gasteiger partial charge in [-0.15, -0.1) is 0 Å². The largest absolute Gasteiger partial charge is 0.482 e. The van der Waals surface area contributed by atoms with Gasteiger partial charge in [-0.2, -0.15) is 0 Å². The number of hydrogen-bond donors (Lipinski definition) is 1. The summed E-state index contributed by atoms with van der Waals surface area (Å²) >= 11 is 11.7. The normalized spacial score (nSPS) is 11.8. The Morgan fingerprint density at radius 2 is 1.89 bits per heavy atom. The van der Waals surface area contributed by atoms with Crippen molar-refractivity contribution >= 4 is 40.9 Å². The first kappa shape index (κ1) is 21.0. The Bertz CT molecular complexity index is 827. The lowest BCUT2D eigenvalue weighted by Crippen LogP contribution is -2.32. The number of benzene rings is 1. The van der Waals surface area contributed by atoms with Crippen LogP contribution in [0.4, 0.5) is 5.82 Å². The summed E-state index contributed by atoms with van der Waals surface area (Å²) in [5.41, 5.74) is 0.986. The number of nitrogens with one attached hydrogen (secondary N) is 1. The van der Waals surface area contributed by atoms with Crippen LogP contribution in [0.5, 0.6) is 5.75 Å². The van der Waals surface area contributed by atoms with Crippen LogP contribution in [0.2, 0.25) is 10.0 Å². The second-order valence-electron chi connectivity index (χ2n) is 6.09. The van der Waals surface area contributed by atoms with Gasteiger partial charge >= 0.3 is 5.97 Å². The predicted molar refractivity (Wildman–Crippen MR) is 104 cm³/mol. The second kappa shape index (κ2) is 9.58. The molecule has 0 radical (unpaired) electrons. The van der Waals surface area contributed by atoms with Gasteiger partial charge in [0.05, 0.1) is 10.0 Å². The van der Waals surface area contributed by atoms with E-state index in [1.54, 1.807) is 6.07 Å². The van der Waals surface area contributed by atoms with Gasteiger partial charge < -0.3 is 14.8 Å². The van der Waals surface area contributed by atoms with Crippen LogP contribution in [0.1, 0.15) is 32.3 Å². The van der Waals surface area contributed by atoms with Gasteiger partial charge in [-0.05, 0) is 30.5 Å². The number of ether oxygens (including phenoxy) is 2. The van der Waals surface area contributed by atoms with Gasteiger partial charge in [0, 0.05) is 6.20 Å². The van der Waals surface area contributed by atoms with Gasteiger partial charge in [0.1, 0.15) is 5.75 Å². The number of pyridine rings is 1. The lowest BCUT2D eigenvalue weighted by molar-refractivity contribution is -0.155. The van der Waals surface area contributed by atoms with Crippen LogP contribution in [-0.2, 0) is 14.3 Å². The monoisotopic (exact) mass is 410 g/mol. The number of aromatic nitrogens is 1. The number of carbonyl (C=O) groups is 2. The van der Waals surface area contributed by atoms with Crippen molar-refractivity contribution in [2.24, 2.45) is 0 Å². The number of hydrogen-bond acceptors (Lipinski definition) is 5. The van der Waals surface area contributed by atoms with E-state index in [0.717, 1.165) is 5.56 Å². The zero-order valence-corrected chi connectivity index (χ0v) is 16.7. The number of anilines is 1. The molecule has 0 bridgehead atoms. The maximum absolute atomic E-state index is 12.1. The molecular weight excluding hydrogens is 391 g/mol. The fourth-order valence-corrected chi connectivity index (χ4v) is 2.66. The highest BCUT2D eigenvalue weighted by Crippen LogP contribution is 2.26. The van der Waals surface area contributed by atoms with Gasteiger partial charge in [0.15, 0.2) is 18.5 Å². The number of rotatable bonds is 7. The smallest absolute Gasteiger partial charge is 0.344 e. The van der Waals surface area contributed by atoms with Crippen molar-refractivity contribution in [3.05, 3.63) is 52.1 Å². The Hall–Kier alpha value is -2.31. The molecule has 27 heavy (non-hydrogen) atoms. The minimum atomic E-state index is -1.05. The van der Waals surface area contributed by atoms with Crippen molar-refractivity contribution in [3.8, 4) is 5.75 Å². The van der Waals surface area contributed by atoms with Gasteiger partial charge in [0.2, 0.25) is 0 Å². The molecular formula is C19H20Cl2N2O4. The summed E-state index contributed by atoms with van der Waals surface area (Å²) in [6.07, 6.45) is 0.301. The number of para-hydroxylation sites is 1. The van der Waals surface area contributed by atoms with Gasteiger partial charge in [-0.3, -0.25) is 4.79 Å². The van der Waals surface area contributed by atoms with Crippen LogP contribution in [0.3, 0.4) is 0 Å². The highest BCUT2D eigenvalue weighted by atomic mass is 35.5. The lowest BCUT2D eigenvalue weighted by Gasteiger charge is -2.16. The molecule has 0 unspecified atom stereocenters. The van der Waals surface area contributed by atoms with Crippen molar-refractivity contribution in [1.82, 2.24) is 4.98 Å². The lowest BCUT2D eigenvalue weighted by atomic mass is 10.0. The summed E-state index contributed by atoms with van der Waals surface area (Å²) in [6.45, 7) is 5.20. The molecule has 2 aromatic rings. The predicted octanol–water partition coefficient (Wildman–Crippen LogP) is 4.46. The van der Waals surface area contributed by atoms with Crippen LogP contribution in [0.15, 0.2) is 36.5 Å². The fraction of sp³-hybridized carbons (Fsp3) is 0.316. The van der Waals surface area contributed by atoms with E-state index in [4.69, 9.17) is 32.7 Å². The van der Waals surface area contributed by atoms with Crippen molar-refractivity contribution in [2.75, 3.05) is 11.9 Å². The van der Waals surface area contributed by atoms with Crippen LogP contribution >= 0.6 is 23.2 Å². The molecule has 0 fully saturated rings. The molecule has 1 aromatic carbocycles. The minimum Gasteiger partial charge on any atom is -0.482 e. The van der Waals surface area contributed by atoms with E-state index in [1.807, 2.05) is 32.0 Å². The highest BCUT2D eigenvalue weighted by molar-refractivity contribution is 6.36. The first-order valence-electron chi connectivity index (χ1n) is 8.31. The van der Waals surface area contributed by atoms with Crippen LogP contribution in [0, 0.1) is 0 Å². The van der Waals surface area contributed by atoms with E-state index >= 15 is 0 Å². The van der Waals surface area contributed by atoms with Crippen molar-refractivity contribution < 1.29 is 19.1 Å². The maximum Gasteiger partial charge on any atom is 0.344 e. The summed E-state index contributed by atoms with van der Waals surface area (Å²) in [6, 6.07) is 8.90. The summed E-state index contributed by atoms with van der Waals surface area (Å²) in [5.74, 6) is -0.234. The fourth-order valence-electron chi connectivity index (χ4n) is 2.24. The summed E-state index contributed by atoms with van der Waals surface area (Å²) in [7, 11) is 0. The van der Waals surface area contributed by atoms with E-state index in [-0.39, 0.29) is 23.4 Å². The molecule has 0 saturated carbocycles. The molecule has 0 saturated heterocycles. The Labute approximate surface area is 167 Å². The number of carbonyl (C=O) groups excluding carboxylic acids is 2. The summed E-state index contributed by atoms with van der Waals surface area (Å²) in [5, 5.41) is 3.01. The molecule has 1 heterocycles. The number of esters is 1. The Kier molecular flexibility index (Phi) is 7.45. The van der Waals surface area contributed by atoms with Crippen molar-refractivity contribution in [3.63, 3.8) is 0 Å². The number of nitrogens with zero attached hydrogens (tertiary/aromatic N) is 1. The Morgan fingerprint density at radius 1 is 1.19 bits per heavy atom. The Balaban J connectivity index is 1.89. The quantitative estimate of drug-likeness (QED) is 0.681. The topological polar surface area (TPSA) is 77.5 Å². The zero-order chi connectivity index (χ0) is 20.0. The number of halogens is 2. The highest BCUT2D eigenvalue weighted by Gasteiger charge is 2.20. The number of amides is 1. The standard InChI is InChI=1S/C19H20Cl2N2O4/c1-11(2)14-6-4-5-7-16(14)26-10-17(24)27-12(3)19(25)23-18-15(21)8-13(20)9-22-18/h4-9,11-12H,10H2,1-3H3,(H,22,23,25)/t12-/m1/s1. The third-order valence-electron chi connectivity index (χ3n) is 3.61. The Morgan fingerprint density at radius 3 is 2.56 bits per heavy atom. The zero-order valence-electron chi connectivity index (χ0n) is 15.2. The third-order valence-corrected chi connectivity index (χ3v) is 4.11. The van der Waals surface area contributed by atoms with E-state index in [0.29, 0.717) is 10.8 Å². The third kappa shape index (κ3) is 6.12. The molecule has 0 aliphatic carbocycles. The van der Waals surface area contributed by atoms with Crippen molar-refractivity contribution in [1.29, 1.82) is 0 Å². The molecule has 1 amide bonds. The van der Waals surface area contributed by atoms with E-state index < -0.39 is 18.0 Å². The van der Waals surface area contributed by atoms with E-state index in [2.05, 4.69) is 10.3 Å². The van der Waals surface area contributed by atoms with Crippen LogP contribution in [-0.4, -0.2) is 29.6 Å². The van der Waals surface area contributed by atoms with Crippen LogP contribution < -0.4 is 10.1 Å². The minimum absolute atomic E-state index is 0.135.